The van der Waals surface area contributed by atoms with Gasteiger partial charge in [0.15, 0.2) is 0 Å². The molecule has 1 saturated heterocycles. The molecule has 1 atom stereocenters. The number of hydrogen-bond acceptors (Lipinski definition) is 4. The Morgan fingerprint density at radius 2 is 2.27 bits per heavy atom. The van der Waals surface area contributed by atoms with E-state index in [1.54, 1.807) is 4.90 Å². The first-order valence-electron chi connectivity index (χ1n) is 5.00. The van der Waals surface area contributed by atoms with Crippen LogP contribution in [-0.2, 0) is 0 Å². The van der Waals surface area contributed by atoms with Gasteiger partial charge in [-0.25, -0.2) is 9.97 Å². The molecule has 0 spiro atoms. The van der Waals surface area contributed by atoms with E-state index in [1.165, 1.54) is 18.7 Å². The highest BCUT2D eigenvalue weighted by Gasteiger charge is 2.28. The van der Waals surface area contributed by atoms with Crippen LogP contribution in [0.2, 0.25) is 0 Å². The normalized spacial score (nSPS) is 20.6. The minimum atomic E-state index is -0.0906. The van der Waals surface area contributed by atoms with E-state index < -0.39 is 0 Å². The summed E-state index contributed by atoms with van der Waals surface area (Å²) in [5.41, 5.74) is 0.484. The summed E-state index contributed by atoms with van der Waals surface area (Å²) < 4.78 is 0. The third kappa shape index (κ3) is 1.97. The molecular weight excluding hydrogens is 194 g/mol. The van der Waals surface area contributed by atoms with E-state index in [1.807, 2.05) is 0 Å². The summed E-state index contributed by atoms with van der Waals surface area (Å²) in [4.78, 5) is 21.3. The highest BCUT2D eigenvalue weighted by atomic mass is 16.3. The molecule has 2 heterocycles. The molecule has 1 aromatic rings. The van der Waals surface area contributed by atoms with Crippen molar-refractivity contribution in [1.29, 1.82) is 0 Å². The average molecular weight is 207 g/mol. The molecule has 0 aromatic carbocycles. The first-order chi connectivity index (χ1) is 7.33. The molecule has 0 aliphatic carbocycles. The van der Waals surface area contributed by atoms with Crippen LogP contribution in [0.1, 0.15) is 23.2 Å². The van der Waals surface area contributed by atoms with Crippen LogP contribution in [0.4, 0.5) is 0 Å². The molecule has 2 rings (SSSR count). The summed E-state index contributed by atoms with van der Waals surface area (Å²) in [7, 11) is 0. The summed E-state index contributed by atoms with van der Waals surface area (Å²) in [5, 5.41) is 9.11. The highest BCUT2D eigenvalue weighted by molar-refractivity contribution is 5.94. The Hall–Kier alpha value is -1.49. The molecule has 0 radical (unpaired) electrons. The number of nitrogens with zero attached hydrogens (tertiary/aromatic N) is 3. The first kappa shape index (κ1) is 10.0. The number of aromatic nitrogens is 2. The lowest BCUT2D eigenvalue weighted by molar-refractivity contribution is 0.0676. The van der Waals surface area contributed by atoms with Crippen LogP contribution in [0, 0.1) is 0 Å². The molecular formula is C10H13N3O2. The summed E-state index contributed by atoms with van der Waals surface area (Å²) in [6.45, 7) is 0.735. The van der Waals surface area contributed by atoms with Gasteiger partial charge in [-0.05, 0) is 12.8 Å². The number of likely N-dealkylation sites (tertiary alicyclic amines) is 1. The molecule has 1 amide bonds. The van der Waals surface area contributed by atoms with Gasteiger partial charge < -0.3 is 10.0 Å². The van der Waals surface area contributed by atoms with Crippen molar-refractivity contribution in [3.63, 3.8) is 0 Å². The minimum Gasteiger partial charge on any atom is -0.394 e. The van der Waals surface area contributed by atoms with Crippen molar-refractivity contribution in [3.8, 4) is 0 Å². The lowest BCUT2D eigenvalue weighted by atomic mass is 10.2. The zero-order valence-corrected chi connectivity index (χ0v) is 8.33. The molecule has 1 N–H and O–H groups in total. The quantitative estimate of drug-likeness (QED) is 0.745. The second-order valence-electron chi connectivity index (χ2n) is 3.60. The minimum absolute atomic E-state index is 0.0272. The van der Waals surface area contributed by atoms with Crippen molar-refractivity contribution in [2.45, 2.75) is 18.9 Å². The molecule has 0 bridgehead atoms. The number of rotatable bonds is 2. The molecule has 15 heavy (non-hydrogen) atoms. The fraction of sp³-hybridized carbons (Fsp3) is 0.500. The van der Waals surface area contributed by atoms with Crippen molar-refractivity contribution in [1.82, 2.24) is 14.9 Å². The largest absolute Gasteiger partial charge is 0.394 e. The third-order valence-corrected chi connectivity index (χ3v) is 2.66. The van der Waals surface area contributed by atoms with Crippen LogP contribution in [0.5, 0.6) is 0 Å². The SMILES string of the molecule is O=C(c1cncnc1)N1CCC[C@H]1CO. The molecule has 5 heteroatoms. The van der Waals surface area contributed by atoms with Crippen molar-refractivity contribution in [2.75, 3.05) is 13.2 Å². The van der Waals surface area contributed by atoms with E-state index in [0.717, 1.165) is 12.8 Å². The van der Waals surface area contributed by atoms with Crippen molar-refractivity contribution in [2.24, 2.45) is 0 Å². The number of carbonyl (C=O) groups excluding carboxylic acids is 1. The monoisotopic (exact) mass is 207 g/mol. The van der Waals surface area contributed by atoms with Gasteiger partial charge in [0.25, 0.3) is 5.91 Å². The Balaban J connectivity index is 2.14. The maximum absolute atomic E-state index is 12.0. The molecule has 0 saturated carbocycles. The van der Waals surface area contributed by atoms with Gasteiger partial charge in [0.05, 0.1) is 18.2 Å². The van der Waals surface area contributed by atoms with Crippen LogP contribution in [0.15, 0.2) is 18.7 Å². The van der Waals surface area contributed by atoms with Crippen LogP contribution in [0.3, 0.4) is 0 Å². The number of carbonyl (C=O) groups is 1. The molecule has 1 aliphatic heterocycles. The van der Waals surface area contributed by atoms with E-state index in [4.69, 9.17) is 5.11 Å². The van der Waals surface area contributed by atoms with Crippen LogP contribution >= 0.6 is 0 Å². The second-order valence-corrected chi connectivity index (χ2v) is 3.60. The molecule has 80 valence electrons. The molecule has 1 aromatic heterocycles. The summed E-state index contributed by atoms with van der Waals surface area (Å²) >= 11 is 0. The van der Waals surface area contributed by atoms with E-state index >= 15 is 0 Å². The zero-order chi connectivity index (χ0) is 10.7. The number of aliphatic hydroxyl groups is 1. The third-order valence-electron chi connectivity index (χ3n) is 2.66. The zero-order valence-electron chi connectivity index (χ0n) is 8.33. The maximum Gasteiger partial charge on any atom is 0.257 e. The molecule has 0 unspecified atom stereocenters. The Bertz CT molecular complexity index is 342. The number of hydrogen-bond donors (Lipinski definition) is 1. The first-order valence-corrected chi connectivity index (χ1v) is 5.00. The summed E-state index contributed by atoms with van der Waals surface area (Å²) in [6, 6.07) is -0.0438. The van der Waals surface area contributed by atoms with E-state index in [9.17, 15) is 4.79 Å². The Morgan fingerprint density at radius 1 is 1.53 bits per heavy atom. The van der Waals surface area contributed by atoms with E-state index in [2.05, 4.69) is 9.97 Å². The Kier molecular flexibility index (Phi) is 2.91. The van der Waals surface area contributed by atoms with Gasteiger partial charge in [-0.3, -0.25) is 4.79 Å². The topological polar surface area (TPSA) is 66.3 Å². The van der Waals surface area contributed by atoms with Gasteiger partial charge >= 0.3 is 0 Å². The molecule has 1 fully saturated rings. The van der Waals surface area contributed by atoms with Gasteiger partial charge in [-0.15, -0.1) is 0 Å². The van der Waals surface area contributed by atoms with Crippen molar-refractivity contribution in [3.05, 3.63) is 24.3 Å². The van der Waals surface area contributed by atoms with E-state index in [-0.39, 0.29) is 18.6 Å². The van der Waals surface area contributed by atoms with Crippen LogP contribution in [0.25, 0.3) is 0 Å². The van der Waals surface area contributed by atoms with Crippen molar-refractivity contribution >= 4 is 5.91 Å². The lowest BCUT2D eigenvalue weighted by Crippen LogP contribution is -2.37. The smallest absolute Gasteiger partial charge is 0.257 e. The average Bonchev–Trinajstić information content (AvgIpc) is 2.77. The maximum atomic E-state index is 12.0. The van der Waals surface area contributed by atoms with Crippen molar-refractivity contribution < 1.29 is 9.90 Å². The number of aliphatic hydroxyl groups excluding tert-OH is 1. The Morgan fingerprint density at radius 3 is 2.93 bits per heavy atom. The number of amides is 1. The highest BCUT2D eigenvalue weighted by Crippen LogP contribution is 2.18. The summed E-state index contributed by atoms with van der Waals surface area (Å²) in [5.74, 6) is -0.0906. The molecule has 1 aliphatic rings. The van der Waals surface area contributed by atoms with Gasteiger partial charge in [0, 0.05) is 18.9 Å². The summed E-state index contributed by atoms with van der Waals surface area (Å²) in [6.07, 6.45) is 6.22. The van der Waals surface area contributed by atoms with Crippen LogP contribution in [-0.4, -0.2) is 45.1 Å². The molecule has 5 nitrogen and oxygen atoms in total. The predicted octanol–water partition coefficient (Wildman–Crippen LogP) is 0.0735. The van der Waals surface area contributed by atoms with E-state index in [0.29, 0.717) is 12.1 Å². The second kappa shape index (κ2) is 4.35. The van der Waals surface area contributed by atoms with Crippen LogP contribution < -0.4 is 0 Å². The predicted molar refractivity (Wildman–Crippen MR) is 53.2 cm³/mol. The fourth-order valence-corrected chi connectivity index (χ4v) is 1.87. The van der Waals surface area contributed by atoms with Gasteiger partial charge in [-0.1, -0.05) is 0 Å². The lowest BCUT2D eigenvalue weighted by Gasteiger charge is -2.22. The standard InChI is InChI=1S/C10H13N3O2/c14-6-9-2-1-3-13(9)10(15)8-4-11-7-12-5-8/h4-5,7,9,14H,1-3,6H2/t9-/m0/s1. The fourth-order valence-electron chi connectivity index (χ4n) is 1.87. The van der Waals surface area contributed by atoms with Gasteiger partial charge in [0.1, 0.15) is 6.33 Å². The Labute approximate surface area is 87.8 Å². The van der Waals surface area contributed by atoms with Gasteiger partial charge in [0.2, 0.25) is 0 Å². The van der Waals surface area contributed by atoms with Gasteiger partial charge in [-0.2, -0.15) is 0 Å².